The van der Waals surface area contributed by atoms with Gasteiger partial charge in [-0.25, -0.2) is 0 Å². The number of hydrogen-bond acceptors (Lipinski definition) is 3. The molecule has 1 aromatic heterocycles. The summed E-state index contributed by atoms with van der Waals surface area (Å²) in [4.78, 5) is 13.7. The first-order valence-electron chi connectivity index (χ1n) is 5.41. The van der Waals surface area contributed by atoms with E-state index >= 15 is 0 Å². The maximum absolute atomic E-state index is 11.6. The Labute approximate surface area is 91.1 Å². The van der Waals surface area contributed by atoms with E-state index in [2.05, 4.69) is 11.8 Å². The first kappa shape index (κ1) is 12.0. The second-order valence-corrected chi connectivity index (χ2v) is 4.00. The lowest BCUT2D eigenvalue weighted by molar-refractivity contribution is -0.123. The van der Waals surface area contributed by atoms with E-state index in [1.807, 2.05) is 26.0 Å². The molecule has 0 N–H and O–H groups in total. The first-order valence-corrected chi connectivity index (χ1v) is 5.41. The molecule has 0 bridgehead atoms. The van der Waals surface area contributed by atoms with Gasteiger partial charge < -0.3 is 4.42 Å². The number of ketones is 1. The summed E-state index contributed by atoms with van der Waals surface area (Å²) in [5.74, 6) is 1.30. The lowest BCUT2D eigenvalue weighted by atomic mass is 10.1. The fourth-order valence-electron chi connectivity index (χ4n) is 1.31. The van der Waals surface area contributed by atoms with E-state index in [1.165, 1.54) is 0 Å². The van der Waals surface area contributed by atoms with Gasteiger partial charge in [0.15, 0.2) is 0 Å². The van der Waals surface area contributed by atoms with E-state index in [1.54, 1.807) is 6.26 Å². The number of carbonyl (C=O) groups is 1. The molecule has 0 aromatic carbocycles. The summed E-state index contributed by atoms with van der Waals surface area (Å²) in [5.41, 5.74) is 0. The van der Waals surface area contributed by atoms with Crippen molar-refractivity contribution in [3.05, 3.63) is 24.2 Å². The second kappa shape index (κ2) is 5.71. The van der Waals surface area contributed by atoms with E-state index in [-0.39, 0.29) is 11.7 Å². The molecule has 15 heavy (non-hydrogen) atoms. The molecule has 3 nitrogen and oxygen atoms in total. The highest BCUT2D eigenvalue weighted by Gasteiger charge is 2.13. The van der Waals surface area contributed by atoms with Crippen LogP contribution in [0.1, 0.15) is 26.5 Å². The maximum Gasteiger partial charge on any atom is 0.149 e. The molecule has 0 radical (unpaired) electrons. The van der Waals surface area contributed by atoms with E-state index in [0.717, 1.165) is 12.3 Å². The average Bonchev–Trinajstić information content (AvgIpc) is 2.69. The van der Waals surface area contributed by atoms with Crippen LogP contribution in [0, 0.1) is 5.92 Å². The molecule has 3 heteroatoms. The summed E-state index contributed by atoms with van der Waals surface area (Å²) in [6, 6.07) is 3.80. The molecule has 0 spiro atoms. The smallest absolute Gasteiger partial charge is 0.149 e. The Bertz CT molecular complexity index is 291. The average molecular weight is 209 g/mol. The summed E-state index contributed by atoms with van der Waals surface area (Å²) in [6.45, 7) is 8.00. The number of furan rings is 1. The van der Waals surface area contributed by atoms with Crippen LogP contribution in [0.2, 0.25) is 0 Å². The first-order chi connectivity index (χ1) is 7.13. The van der Waals surface area contributed by atoms with Crippen LogP contribution in [0.3, 0.4) is 0 Å². The molecule has 0 saturated heterocycles. The Kier molecular flexibility index (Phi) is 4.56. The van der Waals surface area contributed by atoms with Gasteiger partial charge in [0.1, 0.15) is 11.5 Å². The Morgan fingerprint density at radius 3 is 2.73 bits per heavy atom. The molecule has 0 aliphatic heterocycles. The molecular formula is C12H19NO2. The topological polar surface area (TPSA) is 33.5 Å². The summed E-state index contributed by atoms with van der Waals surface area (Å²) >= 11 is 0. The van der Waals surface area contributed by atoms with Crippen molar-refractivity contribution in [2.45, 2.75) is 27.3 Å². The number of nitrogens with zero attached hydrogens (tertiary/aromatic N) is 1. The van der Waals surface area contributed by atoms with Gasteiger partial charge in [0, 0.05) is 5.92 Å². The molecule has 0 saturated carbocycles. The van der Waals surface area contributed by atoms with E-state index in [0.29, 0.717) is 13.1 Å². The SMILES string of the molecule is CCN(CC(=O)C(C)C)Cc1ccco1. The normalized spacial score (nSPS) is 11.3. The zero-order chi connectivity index (χ0) is 11.3. The highest BCUT2D eigenvalue weighted by Crippen LogP contribution is 2.06. The molecule has 84 valence electrons. The van der Waals surface area contributed by atoms with Crippen molar-refractivity contribution in [2.24, 2.45) is 5.92 Å². The van der Waals surface area contributed by atoms with Crippen LogP contribution in [0.4, 0.5) is 0 Å². The van der Waals surface area contributed by atoms with Crippen LogP contribution < -0.4 is 0 Å². The Morgan fingerprint density at radius 2 is 2.27 bits per heavy atom. The van der Waals surface area contributed by atoms with Crippen LogP contribution in [0.25, 0.3) is 0 Å². The largest absolute Gasteiger partial charge is 0.468 e. The van der Waals surface area contributed by atoms with Crippen LogP contribution in [0.15, 0.2) is 22.8 Å². The fraction of sp³-hybridized carbons (Fsp3) is 0.583. The van der Waals surface area contributed by atoms with Crippen LogP contribution in [0.5, 0.6) is 0 Å². The molecular weight excluding hydrogens is 190 g/mol. The summed E-state index contributed by atoms with van der Waals surface area (Å²) in [7, 11) is 0. The monoisotopic (exact) mass is 209 g/mol. The Morgan fingerprint density at radius 1 is 1.53 bits per heavy atom. The van der Waals surface area contributed by atoms with Gasteiger partial charge in [-0.15, -0.1) is 0 Å². The summed E-state index contributed by atoms with van der Waals surface area (Å²) in [6.07, 6.45) is 1.66. The zero-order valence-electron chi connectivity index (χ0n) is 9.69. The molecule has 0 aliphatic carbocycles. The van der Waals surface area contributed by atoms with Crippen molar-refractivity contribution >= 4 is 5.78 Å². The lowest BCUT2D eigenvalue weighted by Crippen LogP contribution is -2.31. The molecule has 0 atom stereocenters. The van der Waals surface area contributed by atoms with Gasteiger partial charge in [-0.1, -0.05) is 20.8 Å². The Hall–Kier alpha value is -1.09. The molecule has 1 aromatic rings. The van der Waals surface area contributed by atoms with Gasteiger partial charge in [0.2, 0.25) is 0 Å². The number of hydrogen-bond donors (Lipinski definition) is 0. The van der Waals surface area contributed by atoms with Crippen molar-refractivity contribution in [3.63, 3.8) is 0 Å². The molecule has 0 fully saturated rings. The predicted octanol–water partition coefficient (Wildman–Crippen LogP) is 2.33. The van der Waals surface area contributed by atoms with Crippen LogP contribution >= 0.6 is 0 Å². The van der Waals surface area contributed by atoms with Crippen molar-refractivity contribution in [3.8, 4) is 0 Å². The Balaban J connectivity index is 2.46. The van der Waals surface area contributed by atoms with Gasteiger partial charge in [-0.3, -0.25) is 9.69 Å². The van der Waals surface area contributed by atoms with Gasteiger partial charge in [0.25, 0.3) is 0 Å². The summed E-state index contributed by atoms with van der Waals surface area (Å²) < 4.78 is 5.25. The minimum absolute atomic E-state index is 0.107. The van der Waals surface area contributed by atoms with E-state index in [4.69, 9.17) is 4.42 Å². The predicted molar refractivity (Wildman–Crippen MR) is 59.5 cm³/mol. The van der Waals surface area contributed by atoms with Crippen molar-refractivity contribution in [1.82, 2.24) is 4.90 Å². The number of carbonyl (C=O) groups excluding carboxylic acids is 1. The van der Waals surface area contributed by atoms with Gasteiger partial charge >= 0.3 is 0 Å². The zero-order valence-corrected chi connectivity index (χ0v) is 9.69. The third-order valence-corrected chi connectivity index (χ3v) is 2.43. The molecule has 1 rings (SSSR count). The third kappa shape index (κ3) is 3.88. The second-order valence-electron chi connectivity index (χ2n) is 4.00. The van der Waals surface area contributed by atoms with E-state index < -0.39 is 0 Å². The van der Waals surface area contributed by atoms with Gasteiger partial charge in [-0.2, -0.15) is 0 Å². The van der Waals surface area contributed by atoms with Crippen LogP contribution in [-0.2, 0) is 11.3 Å². The fourth-order valence-corrected chi connectivity index (χ4v) is 1.31. The number of likely N-dealkylation sites (N-methyl/N-ethyl adjacent to an activating group) is 1. The highest BCUT2D eigenvalue weighted by molar-refractivity contribution is 5.82. The van der Waals surface area contributed by atoms with Crippen molar-refractivity contribution in [2.75, 3.05) is 13.1 Å². The number of rotatable bonds is 6. The molecule has 0 unspecified atom stereocenters. The highest BCUT2D eigenvalue weighted by atomic mass is 16.3. The molecule has 0 amide bonds. The number of Topliss-reactive ketones (excluding diaryl/α,β-unsaturated/α-hetero) is 1. The molecule has 1 heterocycles. The van der Waals surface area contributed by atoms with E-state index in [9.17, 15) is 4.79 Å². The maximum atomic E-state index is 11.6. The minimum atomic E-state index is 0.107. The molecule has 0 aliphatic rings. The lowest BCUT2D eigenvalue weighted by Gasteiger charge is -2.19. The van der Waals surface area contributed by atoms with Crippen molar-refractivity contribution < 1.29 is 9.21 Å². The van der Waals surface area contributed by atoms with Crippen LogP contribution in [-0.4, -0.2) is 23.8 Å². The minimum Gasteiger partial charge on any atom is -0.468 e. The third-order valence-electron chi connectivity index (χ3n) is 2.43. The van der Waals surface area contributed by atoms with Gasteiger partial charge in [0.05, 0.1) is 19.4 Å². The van der Waals surface area contributed by atoms with Gasteiger partial charge in [-0.05, 0) is 18.7 Å². The summed E-state index contributed by atoms with van der Waals surface area (Å²) in [5, 5.41) is 0. The standard InChI is InChI=1S/C12H19NO2/c1-4-13(9-12(14)10(2)3)8-11-6-5-7-15-11/h5-7,10H,4,8-9H2,1-3H3. The quantitative estimate of drug-likeness (QED) is 0.721. The van der Waals surface area contributed by atoms with Crippen molar-refractivity contribution in [1.29, 1.82) is 0 Å².